The van der Waals surface area contributed by atoms with Crippen LogP contribution in [0.3, 0.4) is 0 Å². The third kappa shape index (κ3) is 51.3. The van der Waals surface area contributed by atoms with Gasteiger partial charge in [0.1, 0.15) is 6.67 Å². The van der Waals surface area contributed by atoms with Crippen molar-refractivity contribution in [3.8, 4) is 0 Å². The van der Waals surface area contributed by atoms with Crippen LogP contribution in [0.2, 0.25) is 0 Å². The normalized spacial score (nSPS) is 6.40. The van der Waals surface area contributed by atoms with E-state index in [1.807, 2.05) is 0 Å². The molecule has 0 radical (unpaired) electrons. The summed E-state index contributed by atoms with van der Waals surface area (Å²) >= 11 is 0. The molecule has 0 atom stereocenters. The molecule has 0 amide bonds. The van der Waals surface area contributed by atoms with Crippen molar-refractivity contribution >= 4 is 8.25 Å². The van der Waals surface area contributed by atoms with Gasteiger partial charge in [-0.2, -0.15) is 0 Å². The molecule has 2 N–H and O–H groups in total. The minimum atomic E-state index is -2.87. The second-order valence-corrected chi connectivity index (χ2v) is 1.57. The third-order valence-electron chi connectivity index (χ3n) is 0.362. The fraction of sp³-hybridized carbons (Fsp3) is 0.400. The molecule has 0 aliphatic rings. The molecule has 0 heterocycles. The number of halogens is 1. The van der Waals surface area contributed by atoms with Gasteiger partial charge in [0.25, 0.3) is 0 Å². The zero-order chi connectivity index (χ0) is 8.41. The van der Waals surface area contributed by atoms with Crippen LogP contribution in [0.25, 0.3) is 0 Å². The average Bonchev–Trinajstić information content (AvgIpc) is 1.82. The van der Waals surface area contributed by atoms with E-state index >= 15 is 0 Å². The van der Waals surface area contributed by atoms with Gasteiger partial charge in [0.05, 0.1) is 0 Å². The molecule has 5 heteroatoms. The average molecular weight is 167 g/mol. The van der Waals surface area contributed by atoms with Crippen molar-refractivity contribution in [1.82, 2.24) is 0 Å². The monoisotopic (exact) mass is 167 g/mol. The van der Waals surface area contributed by atoms with Gasteiger partial charge in [-0.25, -0.2) is 4.39 Å². The van der Waals surface area contributed by atoms with Gasteiger partial charge < -0.3 is 0 Å². The molecule has 0 aromatic carbocycles. The van der Waals surface area contributed by atoms with Crippen molar-refractivity contribution in [2.75, 3.05) is 6.67 Å². The first-order valence-corrected chi connectivity index (χ1v) is 3.58. The van der Waals surface area contributed by atoms with Crippen molar-refractivity contribution in [2.24, 2.45) is 0 Å². The third-order valence-corrected chi connectivity index (χ3v) is 0.362. The Morgan fingerprint density at radius 1 is 1.70 bits per heavy atom. The fourth-order valence-corrected chi connectivity index (χ4v) is 0.162. The van der Waals surface area contributed by atoms with E-state index < -0.39 is 14.9 Å². The van der Waals surface area contributed by atoms with Crippen molar-refractivity contribution in [1.29, 1.82) is 0 Å². The highest BCUT2D eigenvalue weighted by molar-refractivity contribution is 7.30. The van der Waals surface area contributed by atoms with Gasteiger partial charge in [0.2, 0.25) is 0 Å². The zero-order valence-electron chi connectivity index (χ0n) is 5.49. The Morgan fingerprint density at radius 2 is 2.10 bits per heavy atom. The number of alkyl halides is 1. The molecule has 0 rings (SSSR count). The van der Waals surface area contributed by atoms with Crippen LogP contribution in [-0.2, 0) is 4.57 Å². The number of hydrogen-bond donors (Lipinski definition) is 2. The fourth-order valence-electron chi connectivity index (χ4n) is 0.162. The van der Waals surface area contributed by atoms with Crippen LogP contribution in [0.4, 0.5) is 4.39 Å². The molecule has 10 heavy (non-hydrogen) atoms. The van der Waals surface area contributed by atoms with E-state index in [1.165, 1.54) is 6.08 Å². The molecule has 0 aliphatic carbocycles. The SMILES string of the molecule is CC=C=CCF.O=[P+](O)O. The van der Waals surface area contributed by atoms with E-state index in [0.29, 0.717) is 0 Å². The van der Waals surface area contributed by atoms with Gasteiger partial charge in [-0.3, -0.25) is 0 Å². The lowest BCUT2D eigenvalue weighted by atomic mass is 10.6. The molecule has 0 unspecified atom stereocenters. The van der Waals surface area contributed by atoms with Gasteiger partial charge in [0, 0.05) is 4.57 Å². The lowest BCUT2D eigenvalue weighted by molar-refractivity contribution is 0.405. The summed E-state index contributed by atoms with van der Waals surface area (Å²) in [6, 6.07) is 0. The van der Waals surface area contributed by atoms with Crippen LogP contribution < -0.4 is 0 Å². The summed E-state index contributed by atoms with van der Waals surface area (Å²) in [6.07, 6.45) is 3.00. The Hall–Kier alpha value is -0.530. The number of hydrogen-bond acceptors (Lipinski definition) is 1. The van der Waals surface area contributed by atoms with Crippen molar-refractivity contribution < 1.29 is 18.7 Å². The van der Waals surface area contributed by atoms with E-state index in [1.54, 1.807) is 13.0 Å². The maximum absolute atomic E-state index is 11.0. The summed E-state index contributed by atoms with van der Waals surface area (Å²) in [5.74, 6) is 0. The van der Waals surface area contributed by atoms with Crippen molar-refractivity contribution in [3.05, 3.63) is 17.9 Å². The smallest absolute Gasteiger partial charge is 0.246 e. The molecule has 0 bridgehead atoms. The Balaban J connectivity index is 0. The number of rotatable bonds is 1. The Morgan fingerprint density at radius 3 is 2.20 bits per heavy atom. The summed E-state index contributed by atoms with van der Waals surface area (Å²) < 4.78 is 19.7. The van der Waals surface area contributed by atoms with Crippen LogP contribution in [0.5, 0.6) is 0 Å². The molecule has 0 saturated carbocycles. The molecular formula is C5H9FO3P+. The molecule has 0 aliphatic heterocycles. The quantitative estimate of drug-likeness (QED) is 0.457. The highest BCUT2D eigenvalue weighted by atomic mass is 31.1. The lowest BCUT2D eigenvalue weighted by Crippen LogP contribution is -1.52. The molecule has 0 saturated heterocycles. The molecule has 0 aromatic heterocycles. The molecule has 58 valence electrons. The molecule has 0 spiro atoms. The van der Waals surface area contributed by atoms with Crippen molar-refractivity contribution in [2.45, 2.75) is 6.92 Å². The van der Waals surface area contributed by atoms with Crippen LogP contribution in [0, 0.1) is 0 Å². The predicted octanol–water partition coefficient (Wildman–Crippen LogP) is 1.32. The maximum atomic E-state index is 11.0. The van der Waals surface area contributed by atoms with E-state index in [-0.39, 0.29) is 0 Å². The molecular weight excluding hydrogens is 158 g/mol. The van der Waals surface area contributed by atoms with Gasteiger partial charge >= 0.3 is 8.25 Å². The summed E-state index contributed by atoms with van der Waals surface area (Å²) in [6.45, 7) is 1.39. The summed E-state index contributed by atoms with van der Waals surface area (Å²) in [5, 5.41) is 0. The first-order chi connectivity index (χ1) is 4.65. The van der Waals surface area contributed by atoms with Crippen LogP contribution >= 0.6 is 8.25 Å². The van der Waals surface area contributed by atoms with E-state index in [9.17, 15) is 4.39 Å². The number of allylic oxidation sites excluding steroid dienone is 1. The largest absolute Gasteiger partial charge is 0.692 e. The lowest BCUT2D eigenvalue weighted by Gasteiger charge is -1.59. The summed E-state index contributed by atoms with van der Waals surface area (Å²) in [5.41, 5.74) is 2.57. The van der Waals surface area contributed by atoms with Crippen molar-refractivity contribution in [3.63, 3.8) is 0 Å². The van der Waals surface area contributed by atoms with Gasteiger partial charge in [0.15, 0.2) is 0 Å². The highest BCUT2D eigenvalue weighted by Gasteiger charge is 1.93. The second kappa shape index (κ2) is 11.3. The van der Waals surface area contributed by atoms with E-state index in [0.717, 1.165) is 0 Å². The summed E-state index contributed by atoms with van der Waals surface area (Å²) in [7, 11) is -2.87. The molecule has 3 nitrogen and oxygen atoms in total. The highest BCUT2D eigenvalue weighted by Crippen LogP contribution is 1.98. The van der Waals surface area contributed by atoms with Crippen LogP contribution in [-0.4, -0.2) is 16.5 Å². The van der Waals surface area contributed by atoms with Gasteiger partial charge in [-0.05, 0) is 19.1 Å². The summed E-state index contributed by atoms with van der Waals surface area (Å²) in [4.78, 5) is 14.2. The topological polar surface area (TPSA) is 57.5 Å². The maximum Gasteiger partial charge on any atom is 0.692 e. The van der Waals surface area contributed by atoms with Gasteiger partial charge in [-0.15, -0.1) is 15.5 Å². The minimum Gasteiger partial charge on any atom is -0.246 e. The minimum absolute atomic E-state index is 0.412. The molecule has 0 aromatic rings. The predicted molar refractivity (Wildman–Crippen MR) is 36.3 cm³/mol. The van der Waals surface area contributed by atoms with Crippen LogP contribution in [0.1, 0.15) is 6.92 Å². The molecule has 0 fully saturated rings. The first kappa shape index (κ1) is 12.2. The standard InChI is InChI=1S/C5H7F.HO3P/c1-2-3-4-5-6;1-4(2)3/h2,4H,5H2,1H3;(H-,1,2,3)/p+1. The Bertz CT molecular complexity index is 136. The van der Waals surface area contributed by atoms with E-state index in [2.05, 4.69) is 5.73 Å². The Labute approximate surface area is 59.5 Å². The first-order valence-electron chi connectivity index (χ1n) is 2.41. The van der Waals surface area contributed by atoms with E-state index in [4.69, 9.17) is 14.4 Å². The van der Waals surface area contributed by atoms with Gasteiger partial charge in [-0.1, -0.05) is 0 Å². The second-order valence-electron chi connectivity index (χ2n) is 1.07. The Kier molecular flexibility index (Phi) is 13.7. The van der Waals surface area contributed by atoms with Crippen LogP contribution in [0.15, 0.2) is 17.9 Å². The zero-order valence-corrected chi connectivity index (χ0v) is 6.38.